The third-order valence-electron chi connectivity index (χ3n) is 3.12. The molecule has 0 atom stereocenters. The average molecular weight is 208 g/mol. The predicted molar refractivity (Wildman–Crippen MR) is 59.9 cm³/mol. The Hall–Kier alpha value is -0.830. The summed E-state index contributed by atoms with van der Waals surface area (Å²) in [4.78, 5) is 8.13. The molecule has 0 aromatic carbocycles. The first-order valence-electron chi connectivity index (χ1n) is 5.79. The standard InChI is InChI=1S/C12H20N2O/c1-4-6-12(2,3)11-13-9-5-7-15-8-10(9)14-11/h4-8H2,1-3H3,(H,13,14). The summed E-state index contributed by atoms with van der Waals surface area (Å²) in [5.41, 5.74) is 2.55. The molecule has 1 aromatic rings. The number of imidazole rings is 1. The fraction of sp³-hybridized carbons (Fsp3) is 0.750. The number of fused-ring (bicyclic) bond motifs is 1. The second-order valence-electron chi connectivity index (χ2n) is 4.95. The highest BCUT2D eigenvalue weighted by Crippen LogP contribution is 2.28. The number of hydrogen-bond acceptors (Lipinski definition) is 2. The first-order chi connectivity index (χ1) is 7.13. The van der Waals surface area contributed by atoms with Crippen LogP contribution in [-0.2, 0) is 23.2 Å². The van der Waals surface area contributed by atoms with E-state index in [1.165, 1.54) is 18.5 Å². The van der Waals surface area contributed by atoms with E-state index < -0.39 is 0 Å². The van der Waals surface area contributed by atoms with Crippen LogP contribution >= 0.6 is 0 Å². The molecular weight excluding hydrogens is 188 g/mol. The molecule has 0 radical (unpaired) electrons. The predicted octanol–water partition coefficient (Wildman–Crippen LogP) is 2.56. The van der Waals surface area contributed by atoms with Gasteiger partial charge in [0.05, 0.1) is 18.9 Å². The summed E-state index contributed by atoms with van der Waals surface area (Å²) in [6, 6.07) is 0. The molecule has 1 aliphatic heterocycles. The molecule has 0 aliphatic carbocycles. The second-order valence-corrected chi connectivity index (χ2v) is 4.95. The Morgan fingerprint density at radius 3 is 2.93 bits per heavy atom. The number of nitrogens with zero attached hydrogens (tertiary/aromatic N) is 1. The lowest BCUT2D eigenvalue weighted by Gasteiger charge is -2.20. The van der Waals surface area contributed by atoms with Crippen molar-refractivity contribution in [2.45, 2.75) is 52.1 Å². The molecule has 84 valence electrons. The van der Waals surface area contributed by atoms with Crippen LogP contribution in [0.4, 0.5) is 0 Å². The molecule has 0 saturated heterocycles. The van der Waals surface area contributed by atoms with Crippen LogP contribution in [-0.4, -0.2) is 16.6 Å². The van der Waals surface area contributed by atoms with Gasteiger partial charge in [-0.05, 0) is 6.42 Å². The summed E-state index contributed by atoms with van der Waals surface area (Å²) < 4.78 is 5.40. The highest BCUT2D eigenvalue weighted by molar-refractivity contribution is 5.19. The van der Waals surface area contributed by atoms with Crippen LogP contribution in [0.2, 0.25) is 0 Å². The van der Waals surface area contributed by atoms with Crippen molar-refractivity contribution >= 4 is 0 Å². The molecular formula is C12H20N2O. The first-order valence-corrected chi connectivity index (χ1v) is 5.79. The Bertz CT molecular complexity index is 318. The SMILES string of the molecule is CCCC(C)(C)c1nc2c([nH]1)CCOC2. The van der Waals surface area contributed by atoms with Crippen molar-refractivity contribution in [1.29, 1.82) is 0 Å². The van der Waals surface area contributed by atoms with Crippen LogP contribution in [0.25, 0.3) is 0 Å². The topological polar surface area (TPSA) is 37.9 Å². The van der Waals surface area contributed by atoms with Crippen molar-refractivity contribution in [2.24, 2.45) is 0 Å². The maximum Gasteiger partial charge on any atom is 0.112 e. The normalized spacial score (nSPS) is 16.5. The fourth-order valence-corrected chi connectivity index (χ4v) is 2.18. The Kier molecular flexibility index (Phi) is 2.83. The Labute approximate surface area is 91.3 Å². The summed E-state index contributed by atoms with van der Waals surface area (Å²) in [6.45, 7) is 8.22. The third kappa shape index (κ3) is 2.07. The minimum Gasteiger partial charge on any atom is -0.375 e. The second kappa shape index (κ2) is 3.97. The van der Waals surface area contributed by atoms with Crippen LogP contribution in [0.5, 0.6) is 0 Å². The largest absolute Gasteiger partial charge is 0.375 e. The Balaban J connectivity index is 2.25. The van der Waals surface area contributed by atoms with Crippen molar-refractivity contribution in [1.82, 2.24) is 9.97 Å². The van der Waals surface area contributed by atoms with Gasteiger partial charge in [-0.25, -0.2) is 4.98 Å². The number of rotatable bonds is 3. The summed E-state index contributed by atoms with van der Waals surface area (Å²) in [7, 11) is 0. The molecule has 2 heterocycles. The van der Waals surface area contributed by atoms with Gasteiger partial charge >= 0.3 is 0 Å². The van der Waals surface area contributed by atoms with E-state index in [0.717, 1.165) is 24.5 Å². The molecule has 15 heavy (non-hydrogen) atoms. The molecule has 0 fully saturated rings. The smallest absolute Gasteiger partial charge is 0.112 e. The molecule has 0 unspecified atom stereocenters. The molecule has 0 spiro atoms. The minimum absolute atomic E-state index is 0.159. The van der Waals surface area contributed by atoms with E-state index >= 15 is 0 Å². The molecule has 1 N–H and O–H groups in total. The molecule has 1 aliphatic rings. The van der Waals surface area contributed by atoms with Gasteiger partial charge in [0.25, 0.3) is 0 Å². The van der Waals surface area contributed by atoms with E-state index in [1.807, 2.05) is 0 Å². The molecule has 0 amide bonds. The number of aromatic amines is 1. The lowest BCUT2D eigenvalue weighted by molar-refractivity contribution is 0.107. The maximum absolute atomic E-state index is 5.40. The van der Waals surface area contributed by atoms with Crippen LogP contribution in [0.1, 0.15) is 50.8 Å². The molecule has 2 rings (SSSR count). The summed E-state index contributed by atoms with van der Waals surface area (Å²) in [5.74, 6) is 1.12. The monoisotopic (exact) mass is 208 g/mol. The van der Waals surface area contributed by atoms with Gasteiger partial charge in [0, 0.05) is 17.5 Å². The van der Waals surface area contributed by atoms with Gasteiger partial charge in [-0.15, -0.1) is 0 Å². The van der Waals surface area contributed by atoms with E-state index in [1.54, 1.807) is 0 Å². The summed E-state index contributed by atoms with van der Waals surface area (Å²) in [5, 5.41) is 0. The summed E-state index contributed by atoms with van der Waals surface area (Å²) >= 11 is 0. The van der Waals surface area contributed by atoms with E-state index in [2.05, 4.69) is 30.7 Å². The number of ether oxygens (including phenoxy) is 1. The van der Waals surface area contributed by atoms with E-state index in [-0.39, 0.29) is 5.41 Å². The average Bonchev–Trinajstić information content (AvgIpc) is 2.61. The maximum atomic E-state index is 5.40. The zero-order valence-electron chi connectivity index (χ0n) is 9.89. The Morgan fingerprint density at radius 2 is 2.27 bits per heavy atom. The van der Waals surface area contributed by atoms with E-state index in [9.17, 15) is 0 Å². The summed E-state index contributed by atoms with van der Waals surface area (Å²) in [6.07, 6.45) is 3.33. The van der Waals surface area contributed by atoms with Gasteiger partial charge in [-0.1, -0.05) is 27.2 Å². The van der Waals surface area contributed by atoms with E-state index in [0.29, 0.717) is 6.61 Å². The van der Waals surface area contributed by atoms with Crippen molar-refractivity contribution < 1.29 is 4.74 Å². The molecule has 3 nitrogen and oxygen atoms in total. The number of hydrogen-bond donors (Lipinski definition) is 1. The molecule has 3 heteroatoms. The first kappa shape index (κ1) is 10.7. The zero-order chi connectivity index (χ0) is 10.9. The third-order valence-corrected chi connectivity index (χ3v) is 3.12. The lowest BCUT2D eigenvalue weighted by atomic mass is 9.87. The molecule has 0 bridgehead atoms. The Morgan fingerprint density at radius 1 is 1.47 bits per heavy atom. The van der Waals surface area contributed by atoms with Gasteiger partial charge in [0.15, 0.2) is 0 Å². The van der Waals surface area contributed by atoms with Crippen LogP contribution in [0, 0.1) is 0 Å². The van der Waals surface area contributed by atoms with Crippen LogP contribution in [0.15, 0.2) is 0 Å². The number of aromatic nitrogens is 2. The van der Waals surface area contributed by atoms with Gasteiger partial charge in [0.1, 0.15) is 5.82 Å². The van der Waals surface area contributed by atoms with Crippen LogP contribution < -0.4 is 0 Å². The van der Waals surface area contributed by atoms with Gasteiger partial charge in [-0.3, -0.25) is 0 Å². The fourth-order valence-electron chi connectivity index (χ4n) is 2.18. The number of nitrogens with one attached hydrogen (secondary N) is 1. The quantitative estimate of drug-likeness (QED) is 0.829. The van der Waals surface area contributed by atoms with Crippen molar-refractivity contribution in [3.05, 3.63) is 17.2 Å². The molecule has 0 saturated carbocycles. The highest BCUT2D eigenvalue weighted by Gasteiger charge is 2.25. The van der Waals surface area contributed by atoms with Gasteiger partial charge in [0.2, 0.25) is 0 Å². The van der Waals surface area contributed by atoms with Crippen molar-refractivity contribution in [2.75, 3.05) is 6.61 Å². The minimum atomic E-state index is 0.159. The van der Waals surface area contributed by atoms with Gasteiger partial charge in [-0.2, -0.15) is 0 Å². The zero-order valence-corrected chi connectivity index (χ0v) is 9.89. The molecule has 1 aromatic heterocycles. The lowest BCUT2D eigenvalue weighted by Crippen LogP contribution is -2.18. The van der Waals surface area contributed by atoms with E-state index in [4.69, 9.17) is 4.74 Å². The van der Waals surface area contributed by atoms with Crippen LogP contribution in [0.3, 0.4) is 0 Å². The number of H-pyrrole nitrogens is 1. The van der Waals surface area contributed by atoms with Crippen molar-refractivity contribution in [3.63, 3.8) is 0 Å². The van der Waals surface area contributed by atoms with Gasteiger partial charge < -0.3 is 9.72 Å². The highest BCUT2D eigenvalue weighted by atomic mass is 16.5. The van der Waals surface area contributed by atoms with Crippen molar-refractivity contribution in [3.8, 4) is 0 Å².